The predicted molar refractivity (Wildman–Crippen MR) is 93.5 cm³/mol. The monoisotopic (exact) mass is 371 g/mol. The fourth-order valence-corrected chi connectivity index (χ4v) is 3.64. The molecule has 1 aliphatic carbocycles. The highest BCUT2D eigenvalue weighted by atomic mass is 35.5. The van der Waals surface area contributed by atoms with Gasteiger partial charge >= 0.3 is 0 Å². The Bertz CT molecular complexity index is 1000. The maximum atomic E-state index is 13.6. The van der Waals surface area contributed by atoms with Gasteiger partial charge in [-0.2, -0.15) is 4.98 Å². The molecule has 0 bridgehead atoms. The Hall–Kier alpha value is -2.47. The van der Waals surface area contributed by atoms with Crippen LogP contribution in [0.5, 0.6) is 5.88 Å². The van der Waals surface area contributed by atoms with Gasteiger partial charge in [0.2, 0.25) is 11.7 Å². The number of fused-ring (bicyclic) bond motifs is 1. The van der Waals surface area contributed by atoms with E-state index in [0.717, 1.165) is 36.8 Å². The first-order valence-electron chi connectivity index (χ1n) is 8.59. The molecule has 1 fully saturated rings. The zero-order valence-electron chi connectivity index (χ0n) is 13.8. The quantitative estimate of drug-likeness (QED) is 0.645. The lowest BCUT2D eigenvalue weighted by Crippen LogP contribution is -2.45. The molecule has 0 amide bonds. The van der Waals surface area contributed by atoms with Gasteiger partial charge in [-0.25, -0.2) is 9.37 Å². The molecule has 0 saturated heterocycles. The Morgan fingerprint density at radius 2 is 2.00 bits per heavy atom. The summed E-state index contributed by atoms with van der Waals surface area (Å²) in [6, 6.07) is 6.38. The second kappa shape index (κ2) is 5.77. The van der Waals surface area contributed by atoms with Gasteiger partial charge in [0.15, 0.2) is 0 Å². The predicted octanol–water partition coefficient (Wildman–Crippen LogP) is 4.84. The molecule has 1 saturated carbocycles. The molecule has 0 unspecified atom stereocenters. The first-order valence-corrected chi connectivity index (χ1v) is 8.97. The standard InChI is InChI=1S/C19H15ClFN3O2/c20-14-3-2-11(9-15(14)21)16-23-18(26-24-16)13-8-12-4-7-19(5-1-6-19)25-17(12)22-10-13/h2-3,8-10H,1,4-7H2. The van der Waals surface area contributed by atoms with Gasteiger partial charge in [-0.05, 0) is 56.4 Å². The summed E-state index contributed by atoms with van der Waals surface area (Å²) in [7, 11) is 0. The minimum atomic E-state index is -0.520. The zero-order chi connectivity index (χ0) is 17.7. The van der Waals surface area contributed by atoms with Crippen molar-refractivity contribution in [1.29, 1.82) is 0 Å². The van der Waals surface area contributed by atoms with Gasteiger partial charge in [0.25, 0.3) is 5.89 Å². The summed E-state index contributed by atoms with van der Waals surface area (Å²) in [5, 5.41) is 3.99. The Morgan fingerprint density at radius 3 is 2.77 bits per heavy atom. The molecule has 1 aromatic carbocycles. The van der Waals surface area contributed by atoms with Crippen LogP contribution in [0.1, 0.15) is 31.2 Å². The third-order valence-electron chi connectivity index (χ3n) is 5.20. The molecule has 3 heterocycles. The molecule has 2 aliphatic rings. The summed E-state index contributed by atoms with van der Waals surface area (Å²) in [5.74, 6) is 0.833. The SMILES string of the molecule is Fc1cc(-c2noc(-c3cnc4c(c3)CCC3(CCC3)O4)n2)ccc1Cl. The number of hydrogen-bond donors (Lipinski definition) is 0. The number of pyridine rings is 1. The van der Waals surface area contributed by atoms with E-state index in [1.54, 1.807) is 12.3 Å². The summed E-state index contributed by atoms with van der Waals surface area (Å²) in [6.45, 7) is 0. The van der Waals surface area contributed by atoms with Crippen LogP contribution >= 0.6 is 11.6 Å². The van der Waals surface area contributed by atoms with Crippen LogP contribution in [-0.4, -0.2) is 20.7 Å². The summed E-state index contributed by atoms with van der Waals surface area (Å²) in [4.78, 5) is 8.81. The summed E-state index contributed by atoms with van der Waals surface area (Å²) in [6.07, 6.45) is 7.07. The van der Waals surface area contributed by atoms with Gasteiger partial charge in [0.05, 0.1) is 10.6 Å². The topological polar surface area (TPSA) is 61.0 Å². The number of ether oxygens (including phenoxy) is 1. The molecule has 0 atom stereocenters. The molecule has 132 valence electrons. The van der Waals surface area contributed by atoms with Crippen molar-refractivity contribution in [2.45, 2.75) is 37.7 Å². The first-order chi connectivity index (χ1) is 12.6. The summed E-state index contributed by atoms with van der Waals surface area (Å²) in [5.41, 5.74) is 2.29. The number of benzene rings is 1. The summed E-state index contributed by atoms with van der Waals surface area (Å²) >= 11 is 5.71. The van der Waals surface area contributed by atoms with E-state index in [1.165, 1.54) is 18.6 Å². The van der Waals surface area contributed by atoms with Crippen molar-refractivity contribution in [3.63, 3.8) is 0 Å². The zero-order valence-corrected chi connectivity index (χ0v) is 14.6. The van der Waals surface area contributed by atoms with Gasteiger partial charge in [0, 0.05) is 17.3 Å². The van der Waals surface area contributed by atoms with E-state index < -0.39 is 5.82 Å². The highest BCUT2D eigenvalue weighted by molar-refractivity contribution is 6.30. The van der Waals surface area contributed by atoms with Crippen LogP contribution in [0.4, 0.5) is 4.39 Å². The number of hydrogen-bond acceptors (Lipinski definition) is 5. The van der Waals surface area contributed by atoms with Crippen molar-refractivity contribution >= 4 is 11.6 Å². The van der Waals surface area contributed by atoms with Gasteiger partial charge in [-0.3, -0.25) is 0 Å². The average molecular weight is 372 g/mol. The molecular weight excluding hydrogens is 357 g/mol. The lowest BCUT2D eigenvalue weighted by molar-refractivity contribution is -0.0289. The highest BCUT2D eigenvalue weighted by Gasteiger charge is 2.42. The molecule has 5 rings (SSSR count). The molecule has 3 aromatic rings. The lowest BCUT2D eigenvalue weighted by Gasteiger charge is -2.44. The highest BCUT2D eigenvalue weighted by Crippen LogP contribution is 2.44. The van der Waals surface area contributed by atoms with Crippen molar-refractivity contribution in [3.8, 4) is 28.7 Å². The van der Waals surface area contributed by atoms with Crippen LogP contribution in [0, 0.1) is 5.82 Å². The van der Waals surface area contributed by atoms with Crippen LogP contribution in [0.3, 0.4) is 0 Å². The number of nitrogens with zero attached hydrogens (tertiary/aromatic N) is 3. The lowest BCUT2D eigenvalue weighted by atomic mass is 9.75. The maximum absolute atomic E-state index is 13.6. The fraction of sp³-hybridized carbons (Fsp3) is 0.316. The second-order valence-corrected chi connectivity index (χ2v) is 7.29. The van der Waals surface area contributed by atoms with Crippen LogP contribution in [-0.2, 0) is 6.42 Å². The smallest absolute Gasteiger partial charge is 0.259 e. The Balaban J connectivity index is 1.44. The summed E-state index contributed by atoms with van der Waals surface area (Å²) < 4.78 is 25.1. The number of halogens is 2. The maximum Gasteiger partial charge on any atom is 0.259 e. The Labute approximate surface area is 154 Å². The largest absolute Gasteiger partial charge is 0.471 e. The molecular formula is C19H15ClFN3O2. The fourth-order valence-electron chi connectivity index (χ4n) is 3.52. The van der Waals surface area contributed by atoms with Crippen molar-refractivity contribution in [2.24, 2.45) is 0 Å². The normalized spacial score (nSPS) is 17.5. The second-order valence-electron chi connectivity index (χ2n) is 6.88. The van der Waals surface area contributed by atoms with Crippen LogP contribution in [0.25, 0.3) is 22.8 Å². The molecule has 5 nitrogen and oxygen atoms in total. The minimum absolute atomic E-state index is 0.0117. The molecule has 0 N–H and O–H groups in total. The third kappa shape index (κ3) is 2.56. The van der Waals surface area contributed by atoms with Gasteiger partial charge in [-0.1, -0.05) is 16.8 Å². The minimum Gasteiger partial charge on any atom is -0.471 e. The van der Waals surface area contributed by atoms with Crippen molar-refractivity contribution in [3.05, 3.63) is 46.9 Å². The van der Waals surface area contributed by atoms with E-state index in [9.17, 15) is 4.39 Å². The number of aryl methyl sites for hydroxylation is 1. The number of rotatable bonds is 2. The van der Waals surface area contributed by atoms with Crippen LogP contribution < -0.4 is 4.74 Å². The van der Waals surface area contributed by atoms with Crippen molar-refractivity contribution in [1.82, 2.24) is 15.1 Å². The van der Waals surface area contributed by atoms with Crippen molar-refractivity contribution < 1.29 is 13.7 Å². The molecule has 1 spiro atoms. The van der Waals surface area contributed by atoms with E-state index in [2.05, 4.69) is 15.1 Å². The van der Waals surface area contributed by atoms with E-state index in [0.29, 0.717) is 23.2 Å². The Morgan fingerprint density at radius 1 is 1.12 bits per heavy atom. The van der Waals surface area contributed by atoms with E-state index in [-0.39, 0.29) is 10.6 Å². The number of aromatic nitrogens is 3. The molecule has 0 radical (unpaired) electrons. The average Bonchev–Trinajstić information content (AvgIpc) is 3.12. The third-order valence-corrected chi connectivity index (χ3v) is 5.51. The van der Waals surface area contributed by atoms with Crippen LogP contribution in [0.2, 0.25) is 5.02 Å². The van der Waals surface area contributed by atoms with Crippen LogP contribution in [0.15, 0.2) is 35.0 Å². The Kier molecular flexibility index (Phi) is 3.50. The van der Waals surface area contributed by atoms with E-state index in [1.807, 2.05) is 6.07 Å². The first kappa shape index (κ1) is 15.8. The van der Waals surface area contributed by atoms with E-state index >= 15 is 0 Å². The molecule has 1 aliphatic heterocycles. The molecule has 26 heavy (non-hydrogen) atoms. The van der Waals surface area contributed by atoms with Gasteiger partial charge in [-0.15, -0.1) is 0 Å². The van der Waals surface area contributed by atoms with Gasteiger partial charge < -0.3 is 9.26 Å². The van der Waals surface area contributed by atoms with E-state index in [4.69, 9.17) is 20.9 Å². The molecule has 7 heteroatoms. The van der Waals surface area contributed by atoms with Gasteiger partial charge in [0.1, 0.15) is 11.4 Å². The molecule has 2 aromatic heterocycles. The van der Waals surface area contributed by atoms with Crippen molar-refractivity contribution in [2.75, 3.05) is 0 Å².